The number of hydrogen-bond acceptors (Lipinski definition) is 9. The quantitative estimate of drug-likeness (QED) is 0.0598. The van der Waals surface area contributed by atoms with Crippen molar-refractivity contribution in [3.63, 3.8) is 0 Å². The van der Waals surface area contributed by atoms with Gasteiger partial charge in [-0.25, -0.2) is 0 Å². The number of Topliss-reactive ketones (excluding diaryl/α,β-unsaturated/α-hetero) is 2. The van der Waals surface area contributed by atoms with Crippen molar-refractivity contribution in [3.05, 3.63) is 0 Å². The van der Waals surface area contributed by atoms with Crippen LogP contribution in [0.15, 0.2) is 0 Å². The molecule has 2 atom stereocenters. The number of esters is 3. The Kier molecular flexibility index (Phi) is 17.8. The molecule has 9 nitrogen and oxygen atoms in total. The Labute approximate surface area is 350 Å². The van der Waals surface area contributed by atoms with Gasteiger partial charge in [0.25, 0.3) is 0 Å². The topological polar surface area (TPSA) is 116 Å². The van der Waals surface area contributed by atoms with Gasteiger partial charge < -0.3 is 19.1 Å². The standard InChI is InChI=1S/C48H89NO8/c1-25-48(22,32-42(10,11)34(51)27-36(53)57-47(20,21)29-40(5,6)7)37(55-38(54)44(14,15)31-45(16,17)49(23)24)43(12,13)30-41(8,9)33(50)26-35(52)56-46(18,19)28-39(2,3)4/h37H,25-32H2,1-24H3. The second-order valence-electron chi connectivity index (χ2n) is 24.8. The van der Waals surface area contributed by atoms with E-state index >= 15 is 0 Å². The van der Waals surface area contributed by atoms with Gasteiger partial charge in [0.1, 0.15) is 41.7 Å². The number of ether oxygens (including phenoxy) is 3. The molecule has 0 aromatic heterocycles. The van der Waals surface area contributed by atoms with Gasteiger partial charge in [0, 0.05) is 27.2 Å². The molecule has 0 N–H and O–H groups in total. The second kappa shape index (κ2) is 18.5. The highest BCUT2D eigenvalue weighted by Crippen LogP contribution is 2.51. The van der Waals surface area contributed by atoms with E-state index in [4.69, 9.17) is 14.2 Å². The highest BCUT2D eigenvalue weighted by molar-refractivity contribution is 5.99. The van der Waals surface area contributed by atoms with Gasteiger partial charge in [-0.3, -0.25) is 24.0 Å². The first-order valence-corrected chi connectivity index (χ1v) is 21.2. The van der Waals surface area contributed by atoms with Gasteiger partial charge in [0.2, 0.25) is 0 Å². The average Bonchev–Trinajstić information content (AvgIpc) is 2.90. The summed E-state index contributed by atoms with van der Waals surface area (Å²) in [5, 5.41) is 0. The van der Waals surface area contributed by atoms with Crippen LogP contribution in [0.1, 0.15) is 204 Å². The SMILES string of the molecule is CCC(C)(CC(C)(C)C(=O)CC(=O)OC(C)(C)CC(C)(C)C)C(OC(=O)C(C)(C)CC(C)(C)N(C)C)C(C)(C)CC(C)(C)C(=O)CC(=O)OC(C)(C)CC(C)(C)C. The van der Waals surface area contributed by atoms with E-state index in [9.17, 15) is 24.0 Å². The summed E-state index contributed by atoms with van der Waals surface area (Å²) >= 11 is 0. The Balaban J connectivity index is 6.89. The molecule has 0 fully saturated rings. The zero-order valence-corrected chi connectivity index (χ0v) is 41.4. The lowest BCUT2D eigenvalue weighted by molar-refractivity contribution is -0.185. The summed E-state index contributed by atoms with van der Waals surface area (Å²) in [6.45, 7) is 43.3. The van der Waals surface area contributed by atoms with E-state index in [1.807, 2.05) is 111 Å². The van der Waals surface area contributed by atoms with Crippen LogP contribution in [0.25, 0.3) is 0 Å². The zero-order chi connectivity index (χ0) is 45.8. The van der Waals surface area contributed by atoms with Crippen LogP contribution >= 0.6 is 0 Å². The van der Waals surface area contributed by atoms with Gasteiger partial charge >= 0.3 is 17.9 Å². The van der Waals surface area contributed by atoms with Crippen molar-refractivity contribution in [3.8, 4) is 0 Å². The lowest BCUT2D eigenvalue weighted by atomic mass is 9.58. The molecule has 0 saturated heterocycles. The van der Waals surface area contributed by atoms with Crippen LogP contribution in [-0.2, 0) is 38.2 Å². The monoisotopic (exact) mass is 808 g/mol. The summed E-state index contributed by atoms with van der Waals surface area (Å²) in [4.78, 5) is 70.9. The fourth-order valence-corrected chi connectivity index (χ4v) is 9.72. The van der Waals surface area contributed by atoms with Crippen LogP contribution in [0.2, 0.25) is 0 Å². The predicted molar refractivity (Wildman–Crippen MR) is 233 cm³/mol. The first-order valence-electron chi connectivity index (χ1n) is 21.2. The van der Waals surface area contributed by atoms with Crippen molar-refractivity contribution in [2.45, 2.75) is 227 Å². The number of hydrogen-bond donors (Lipinski definition) is 0. The summed E-state index contributed by atoms with van der Waals surface area (Å²) in [6.07, 6.45) is 1.44. The molecule has 0 rings (SSSR count). The van der Waals surface area contributed by atoms with Gasteiger partial charge in [0.05, 0.1) is 5.41 Å². The Hall–Kier alpha value is -2.29. The molecular weight excluding hydrogens is 719 g/mol. The van der Waals surface area contributed by atoms with Crippen molar-refractivity contribution in [1.29, 1.82) is 0 Å². The van der Waals surface area contributed by atoms with E-state index in [2.05, 4.69) is 60.3 Å². The Morgan fingerprint density at radius 1 is 0.491 bits per heavy atom. The first kappa shape index (κ1) is 54.7. The van der Waals surface area contributed by atoms with E-state index in [-0.39, 0.29) is 53.2 Å². The van der Waals surface area contributed by atoms with E-state index in [0.29, 0.717) is 32.1 Å². The number of rotatable bonds is 22. The smallest absolute Gasteiger partial charge is 0.313 e. The Morgan fingerprint density at radius 2 is 0.842 bits per heavy atom. The third-order valence-corrected chi connectivity index (χ3v) is 11.6. The summed E-state index contributed by atoms with van der Waals surface area (Å²) in [6, 6.07) is 0. The molecule has 0 heterocycles. The summed E-state index contributed by atoms with van der Waals surface area (Å²) in [5.41, 5.74) is -6.36. The van der Waals surface area contributed by atoms with Crippen LogP contribution in [0.5, 0.6) is 0 Å². The van der Waals surface area contributed by atoms with Crippen molar-refractivity contribution in [1.82, 2.24) is 4.90 Å². The molecule has 2 unspecified atom stereocenters. The number of ketones is 2. The summed E-state index contributed by atoms with van der Waals surface area (Å²) in [5.74, 6) is -2.00. The zero-order valence-electron chi connectivity index (χ0n) is 41.4. The van der Waals surface area contributed by atoms with Crippen LogP contribution in [-0.4, -0.2) is 71.3 Å². The van der Waals surface area contributed by atoms with E-state index in [0.717, 1.165) is 0 Å². The number of carbonyl (C=O) groups is 5. The lowest BCUT2D eigenvalue weighted by Crippen LogP contribution is -2.53. The first-order chi connectivity index (χ1) is 24.8. The van der Waals surface area contributed by atoms with Gasteiger partial charge in [-0.15, -0.1) is 0 Å². The van der Waals surface area contributed by atoms with E-state index < -0.39 is 56.3 Å². The largest absolute Gasteiger partial charge is 0.461 e. The van der Waals surface area contributed by atoms with Crippen LogP contribution in [0, 0.1) is 37.9 Å². The highest BCUT2D eigenvalue weighted by atomic mass is 16.6. The number of nitrogens with zero attached hydrogens (tertiary/aromatic N) is 1. The van der Waals surface area contributed by atoms with E-state index in [1.54, 1.807) is 0 Å². The third kappa shape index (κ3) is 18.2. The lowest BCUT2D eigenvalue weighted by Gasteiger charge is -2.50. The molecule has 334 valence electrons. The van der Waals surface area contributed by atoms with Crippen LogP contribution in [0.4, 0.5) is 0 Å². The minimum Gasteiger partial charge on any atom is -0.461 e. The fraction of sp³-hybridized carbons (Fsp3) is 0.896. The van der Waals surface area contributed by atoms with Gasteiger partial charge in [-0.2, -0.15) is 0 Å². The molecule has 0 aromatic carbocycles. The minimum atomic E-state index is -0.993. The Morgan fingerprint density at radius 3 is 1.16 bits per heavy atom. The van der Waals surface area contributed by atoms with Crippen LogP contribution in [0.3, 0.4) is 0 Å². The molecule has 57 heavy (non-hydrogen) atoms. The third-order valence-electron chi connectivity index (χ3n) is 11.6. The molecule has 0 radical (unpaired) electrons. The van der Waals surface area contributed by atoms with Gasteiger partial charge in [0.15, 0.2) is 0 Å². The summed E-state index contributed by atoms with van der Waals surface area (Å²) < 4.78 is 18.4. The molecule has 0 aromatic rings. The second-order valence-corrected chi connectivity index (χ2v) is 24.8. The molecule has 9 heteroatoms. The maximum Gasteiger partial charge on any atom is 0.313 e. The van der Waals surface area contributed by atoms with Crippen molar-refractivity contribution < 1.29 is 38.2 Å². The maximum absolute atomic E-state index is 14.4. The summed E-state index contributed by atoms with van der Waals surface area (Å²) in [7, 11) is 3.98. The molecule has 0 aliphatic heterocycles. The van der Waals surface area contributed by atoms with Crippen LogP contribution < -0.4 is 0 Å². The van der Waals surface area contributed by atoms with Crippen molar-refractivity contribution in [2.75, 3.05) is 14.1 Å². The van der Waals surface area contributed by atoms with Gasteiger partial charge in [-0.1, -0.05) is 96.9 Å². The van der Waals surface area contributed by atoms with Crippen molar-refractivity contribution in [2.24, 2.45) is 37.9 Å². The Bertz CT molecular complexity index is 1410. The molecule has 0 aliphatic rings. The average molecular weight is 808 g/mol. The van der Waals surface area contributed by atoms with Crippen molar-refractivity contribution >= 4 is 29.5 Å². The molecule has 0 bridgehead atoms. The van der Waals surface area contributed by atoms with Gasteiger partial charge in [-0.05, 0) is 119 Å². The molecule has 0 aliphatic carbocycles. The molecular formula is C48H89NO8. The normalized spacial score (nSPS) is 15.8. The molecule has 0 spiro atoms. The number of carbonyl (C=O) groups excluding carboxylic acids is 5. The predicted octanol–water partition coefficient (Wildman–Crippen LogP) is 11.4. The maximum atomic E-state index is 14.4. The minimum absolute atomic E-state index is 0.0717. The van der Waals surface area contributed by atoms with E-state index in [1.165, 1.54) is 0 Å². The fourth-order valence-electron chi connectivity index (χ4n) is 9.72. The highest BCUT2D eigenvalue weighted by Gasteiger charge is 2.53. The molecule has 0 saturated carbocycles. The molecule has 0 amide bonds.